The first-order chi connectivity index (χ1) is 49.6. The van der Waals surface area contributed by atoms with Crippen molar-refractivity contribution in [1.29, 1.82) is 0 Å². The standard InChI is InChI=1S/2C47H31N3/c1-3-12-32(13-4-1)33-22-24-34(25-23-33)42-18-11-21-47(48-42)50-44-20-10-8-17-39(44)41-30-35(27-29-45(41)50)36-26-28-40-38-16-7-9-19-43(38)49(46(40)31-36)37-14-5-2-6-15-37;1-3-11-33(12-4-1)43-27-22-36(31-48-43)32-19-24-38(25-20-32)49-45-18-10-8-16-40(45)42-29-34(23-28-46(42)49)35-21-26-41-39-15-7-9-17-44(39)50(47(41)30-35)37-13-5-2-6-14-37/h2*1-31H. The zero-order valence-electron chi connectivity index (χ0n) is 54.5. The maximum absolute atomic E-state index is 5.22. The van der Waals surface area contributed by atoms with Gasteiger partial charge in [-0.25, -0.2) is 4.98 Å². The molecule has 0 atom stereocenters. The predicted octanol–water partition coefficient (Wildman–Crippen LogP) is 24.6. The van der Waals surface area contributed by atoms with Crippen molar-refractivity contribution in [2.45, 2.75) is 0 Å². The highest BCUT2D eigenvalue weighted by atomic mass is 15.1. The van der Waals surface area contributed by atoms with Gasteiger partial charge in [0.25, 0.3) is 0 Å². The quantitative estimate of drug-likeness (QED) is 0.137. The van der Waals surface area contributed by atoms with Crippen molar-refractivity contribution >= 4 is 87.2 Å². The lowest BCUT2D eigenvalue weighted by molar-refractivity contribution is 1.08. The molecule has 6 nitrogen and oxygen atoms in total. The summed E-state index contributed by atoms with van der Waals surface area (Å²) in [5.41, 5.74) is 26.6. The summed E-state index contributed by atoms with van der Waals surface area (Å²) in [6.07, 6.45) is 1.97. The summed E-state index contributed by atoms with van der Waals surface area (Å²) >= 11 is 0. The second-order valence-electron chi connectivity index (χ2n) is 25.7. The Morgan fingerprint density at radius 2 is 0.500 bits per heavy atom. The van der Waals surface area contributed by atoms with Crippen LogP contribution < -0.4 is 0 Å². The molecule has 468 valence electrons. The maximum atomic E-state index is 5.22. The molecule has 0 fully saturated rings. The summed E-state index contributed by atoms with van der Waals surface area (Å²) in [6.45, 7) is 0. The lowest BCUT2D eigenvalue weighted by Crippen LogP contribution is -1.98. The van der Waals surface area contributed by atoms with Crippen LogP contribution in [0.15, 0.2) is 376 Å². The number of hydrogen-bond acceptors (Lipinski definition) is 2. The molecule has 100 heavy (non-hydrogen) atoms. The zero-order valence-corrected chi connectivity index (χ0v) is 54.5. The van der Waals surface area contributed by atoms with Gasteiger partial charge >= 0.3 is 0 Å². The summed E-state index contributed by atoms with van der Waals surface area (Å²) in [7, 11) is 0. The molecule has 0 N–H and O–H groups in total. The van der Waals surface area contributed by atoms with Gasteiger partial charge in [-0.05, 0) is 154 Å². The van der Waals surface area contributed by atoms with Gasteiger partial charge in [-0.15, -0.1) is 0 Å². The minimum atomic E-state index is 0.905. The van der Waals surface area contributed by atoms with Crippen LogP contribution in [0, 0.1) is 0 Å². The van der Waals surface area contributed by atoms with E-state index in [-0.39, 0.29) is 0 Å². The van der Waals surface area contributed by atoms with E-state index in [4.69, 9.17) is 9.97 Å². The lowest BCUT2D eigenvalue weighted by atomic mass is 10.0. The van der Waals surface area contributed by atoms with Crippen molar-refractivity contribution < 1.29 is 0 Å². The van der Waals surface area contributed by atoms with Gasteiger partial charge in [0, 0.05) is 83.0 Å². The van der Waals surface area contributed by atoms with E-state index in [0.29, 0.717) is 0 Å². The lowest BCUT2D eigenvalue weighted by Gasteiger charge is -2.11. The predicted molar refractivity (Wildman–Crippen MR) is 418 cm³/mol. The summed E-state index contributed by atoms with van der Waals surface area (Å²) in [4.78, 5) is 9.98. The Morgan fingerprint density at radius 3 is 1.01 bits per heavy atom. The molecule has 0 spiro atoms. The fourth-order valence-corrected chi connectivity index (χ4v) is 15.2. The molecule has 0 bridgehead atoms. The highest BCUT2D eigenvalue weighted by molar-refractivity contribution is 6.14. The first-order valence-electron chi connectivity index (χ1n) is 34.1. The van der Waals surface area contributed by atoms with Gasteiger partial charge < -0.3 is 13.7 Å². The molecule has 20 rings (SSSR count). The van der Waals surface area contributed by atoms with Crippen LogP contribution in [0.3, 0.4) is 0 Å². The minimum absolute atomic E-state index is 0.905. The van der Waals surface area contributed by atoms with Crippen molar-refractivity contribution in [2.75, 3.05) is 0 Å². The summed E-state index contributed by atoms with van der Waals surface area (Å²) < 4.78 is 9.45. The van der Waals surface area contributed by atoms with Gasteiger partial charge in [-0.3, -0.25) is 9.55 Å². The summed E-state index contributed by atoms with van der Waals surface area (Å²) in [5, 5.41) is 9.95. The number of benzene rings is 14. The Balaban J connectivity index is 0.000000139. The van der Waals surface area contributed by atoms with Crippen molar-refractivity contribution in [3.63, 3.8) is 0 Å². The molecule has 0 aliphatic heterocycles. The Hall–Kier alpha value is -13.4. The third-order valence-corrected chi connectivity index (χ3v) is 19.9. The van der Waals surface area contributed by atoms with E-state index in [2.05, 4.69) is 370 Å². The fourth-order valence-electron chi connectivity index (χ4n) is 15.2. The minimum Gasteiger partial charge on any atom is -0.309 e. The van der Waals surface area contributed by atoms with Crippen molar-refractivity contribution in [3.05, 3.63) is 376 Å². The normalized spacial score (nSPS) is 11.6. The van der Waals surface area contributed by atoms with Crippen LogP contribution in [-0.4, -0.2) is 28.2 Å². The molecule has 0 unspecified atom stereocenters. The monoisotopic (exact) mass is 1270 g/mol. The Kier molecular flexibility index (Phi) is 14.1. The number of hydrogen-bond donors (Lipinski definition) is 0. The molecule has 0 radical (unpaired) electrons. The average molecular weight is 1280 g/mol. The number of nitrogens with zero attached hydrogens (tertiary/aromatic N) is 6. The van der Waals surface area contributed by atoms with E-state index in [1.807, 2.05) is 24.4 Å². The topological polar surface area (TPSA) is 45.5 Å². The van der Waals surface area contributed by atoms with Crippen LogP contribution in [-0.2, 0) is 0 Å². The second kappa shape index (κ2) is 24.3. The third-order valence-electron chi connectivity index (χ3n) is 19.9. The van der Waals surface area contributed by atoms with E-state index in [1.54, 1.807) is 0 Å². The third kappa shape index (κ3) is 10.0. The van der Waals surface area contributed by atoms with Crippen molar-refractivity contribution in [3.8, 4) is 89.9 Å². The first-order valence-corrected chi connectivity index (χ1v) is 34.1. The van der Waals surface area contributed by atoms with E-state index < -0.39 is 0 Å². The molecule has 0 saturated carbocycles. The Morgan fingerprint density at radius 1 is 0.170 bits per heavy atom. The average Bonchev–Trinajstić information content (AvgIpc) is 1.59. The van der Waals surface area contributed by atoms with Gasteiger partial charge in [-0.1, -0.05) is 255 Å². The van der Waals surface area contributed by atoms with Gasteiger partial charge in [-0.2, -0.15) is 0 Å². The highest BCUT2D eigenvalue weighted by Crippen LogP contribution is 2.42. The zero-order chi connectivity index (χ0) is 66.0. The number of rotatable bonds is 10. The van der Waals surface area contributed by atoms with Crippen molar-refractivity contribution in [1.82, 2.24) is 28.2 Å². The van der Waals surface area contributed by atoms with Gasteiger partial charge in [0.15, 0.2) is 0 Å². The molecule has 14 aromatic carbocycles. The number of para-hydroxylation sites is 6. The molecule has 0 saturated heterocycles. The molecular formula is C94H62N6. The van der Waals surface area contributed by atoms with Gasteiger partial charge in [0.05, 0.1) is 55.5 Å². The van der Waals surface area contributed by atoms with E-state index in [0.717, 1.165) is 61.9 Å². The number of fused-ring (bicyclic) bond motifs is 12. The number of pyridine rings is 2. The smallest absolute Gasteiger partial charge is 0.138 e. The number of aromatic nitrogens is 6. The summed E-state index contributed by atoms with van der Waals surface area (Å²) in [6, 6.07) is 133. The van der Waals surface area contributed by atoms with E-state index >= 15 is 0 Å². The van der Waals surface area contributed by atoms with Gasteiger partial charge in [0.2, 0.25) is 0 Å². The second-order valence-corrected chi connectivity index (χ2v) is 25.7. The Labute approximate surface area is 578 Å². The van der Waals surface area contributed by atoms with Crippen molar-refractivity contribution in [2.24, 2.45) is 0 Å². The maximum Gasteiger partial charge on any atom is 0.138 e. The summed E-state index contributed by atoms with van der Waals surface area (Å²) in [5.74, 6) is 0.905. The fraction of sp³-hybridized carbons (Fsp3) is 0. The van der Waals surface area contributed by atoms with E-state index in [1.165, 1.54) is 115 Å². The molecular weight excluding hydrogens is 1210 g/mol. The van der Waals surface area contributed by atoms with Crippen LogP contribution in [0.2, 0.25) is 0 Å². The van der Waals surface area contributed by atoms with Gasteiger partial charge in [0.1, 0.15) is 5.82 Å². The molecule has 6 aromatic heterocycles. The SMILES string of the molecule is c1ccc(-c2ccc(-c3ccc(-n4c5ccccc5c5cc(-c6ccc7c8ccccc8n(-c8ccccc8)c7c6)ccc54)cc3)cn2)cc1.c1ccc(-c2ccc(-c3cccc(-n4c5ccccc5c5cc(-c6ccc7c8ccccc8n(-c8ccccc8)c7c6)ccc54)n3)cc2)cc1. The van der Waals surface area contributed by atoms with Crippen LogP contribution in [0.1, 0.15) is 0 Å². The first kappa shape index (κ1) is 58.0. The van der Waals surface area contributed by atoms with Crippen LogP contribution in [0.5, 0.6) is 0 Å². The molecule has 6 heteroatoms. The molecule has 6 heterocycles. The highest BCUT2D eigenvalue weighted by Gasteiger charge is 2.20. The van der Waals surface area contributed by atoms with E-state index in [9.17, 15) is 0 Å². The van der Waals surface area contributed by atoms with Crippen LogP contribution in [0.4, 0.5) is 0 Å². The Bertz CT molecular complexity index is 6460. The van der Waals surface area contributed by atoms with Crippen LogP contribution in [0.25, 0.3) is 177 Å². The molecule has 20 aromatic rings. The molecule has 0 amide bonds. The largest absolute Gasteiger partial charge is 0.309 e. The van der Waals surface area contributed by atoms with Crippen LogP contribution >= 0.6 is 0 Å². The molecule has 0 aliphatic carbocycles. The molecule has 0 aliphatic rings.